The summed E-state index contributed by atoms with van der Waals surface area (Å²) in [4.78, 5) is 20.5. The van der Waals surface area contributed by atoms with Gasteiger partial charge in [0.05, 0.1) is 17.6 Å². The Morgan fingerprint density at radius 2 is 1.71 bits per heavy atom. The second-order valence-electron chi connectivity index (χ2n) is 5.41. The van der Waals surface area contributed by atoms with Crippen molar-refractivity contribution < 1.29 is 9.53 Å². The Kier molecular flexibility index (Phi) is 4.52. The summed E-state index contributed by atoms with van der Waals surface area (Å²) in [6.07, 6.45) is 3.01. The van der Waals surface area contributed by atoms with Crippen molar-refractivity contribution in [3.63, 3.8) is 0 Å². The molecular weight excluding hydrogens is 302 g/mol. The van der Waals surface area contributed by atoms with Crippen LogP contribution in [0, 0.1) is 13.8 Å². The van der Waals surface area contributed by atoms with Gasteiger partial charge < -0.3 is 10.1 Å². The van der Waals surface area contributed by atoms with Gasteiger partial charge >= 0.3 is 0 Å². The number of amides is 1. The van der Waals surface area contributed by atoms with Crippen LogP contribution in [0.15, 0.2) is 60.9 Å². The van der Waals surface area contributed by atoms with Gasteiger partial charge in [-0.05, 0) is 38.1 Å². The molecule has 0 aliphatic carbocycles. The zero-order valence-electron chi connectivity index (χ0n) is 13.5. The Labute approximate surface area is 140 Å². The summed E-state index contributed by atoms with van der Waals surface area (Å²) in [6, 6.07) is 15.0. The van der Waals surface area contributed by atoms with E-state index in [0.29, 0.717) is 17.2 Å². The van der Waals surface area contributed by atoms with Gasteiger partial charge in [0.1, 0.15) is 11.4 Å². The third-order valence-corrected chi connectivity index (χ3v) is 3.40. The number of aromatic nitrogens is 2. The minimum atomic E-state index is -0.331. The highest BCUT2D eigenvalue weighted by molar-refractivity contribution is 6.03. The van der Waals surface area contributed by atoms with Crippen molar-refractivity contribution in [1.82, 2.24) is 9.97 Å². The average Bonchev–Trinajstić information content (AvgIpc) is 2.59. The first-order valence-electron chi connectivity index (χ1n) is 7.55. The lowest BCUT2D eigenvalue weighted by Gasteiger charge is -2.12. The van der Waals surface area contributed by atoms with Crippen LogP contribution in [0.4, 0.5) is 5.69 Å². The number of carbonyl (C=O) groups excluding carboxylic acids is 1. The van der Waals surface area contributed by atoms with E-state index < -0.39 is 0 Å². The monoisotopic (exact) mass is 319 g/mol. The molecule has 1 aromatic heterocycles. The van der Waals surface area contributed by atoms with Crippen LogP contribution >= 0.6 is 0 Å². The number of rotatable bonds is 4. The van der Waals surface area contributed by atoms with Gasteiger partial charge in [-0.25, -0.2) is 4.98 Å². The van der Waals surface area contributed by atoms with Crippen LogP contribution in [0.1, 0.15) is 21.7 Å². The summed E-state index contributed by atoms with van der Waals surface area (Å²) in [5.74, 6) is 0.939. The summed E-state index contributed by atoms with van der Waals surface area (Å²) < 4.78 is 5.87. The van der Waals surface area contributed by atoms with Crippen molar-refractivity contribution in [3.05, 3.63) is 77.9 Å². The molecule has 0 aliphatic rings. The van der Waals surface area contributed by atoms with Crippen LogP contribution in [0.5, 0.6) is 11.5 Å². The lowest BCUT2D eigenvalue weighted by Crippen LogP contribution is -2.14. The Hall–Kier alpha value is -3.21. The molecule has 1 amide bonds. The number of hydrogen-bond donors (Lipinski definition) is 1. The number of carbonyl (C=O) groups is 1. The van der Waals surface area contributed by atoms with Crippen LogP contribution in [-0.4, -0.2) is 15.9 Å². The van der Waals surface area contributed by atoms with Crippen molar-refractivity contribution in [2.45, 2.75) is 13.8 Å². The molecule has 0 unspecified atom stereocenters. The van der Waals surface area contributed by atoms with Crippen LogP contribution in [0.3, 0.4) is 0 Å². The van der Waals surface area contributed by atoms with Crippen molar-refractivity contribution in [1.29, 1.82) is 0 Å². The molecule has 1 N–H and O–H groups in total. The molecule has 120 valence electrons. The molecule has 5 heteroatoms. The number of nitrogens with one attached hydrogen (secondary N) is 1. The van der Waals surface area contributed by atoms with E-state index in [-0.39, 0.29) is 11.6 Å². The summed E-state index contributed by atoms with van der Waals surface area (Å²) in [6.45, 7) is 3.83. The number of ether oxygens (including phenoxy) is 1. The minimum absolute atomic E-state index is 0.255. The van der Waals surface area contributed by atoms with Crippen LogP contribution in [0.25, 0.3) is 0 Å². The van der Waals surface area contributed by atoms with Crippen molar-refractivity contribution in [3.8, 4) is 11.5 Å². The van der Waals surface area contributed by atoms with Crippen LogP contribution in [-0.2, 0) is 0 Å². The van der Waals surface area contributed by atoms with Gasteiger partial charge in [0.15, 0.2) is 5.75 Å². The van der Waals surface area contributed by atoms with E-state index >= 15 is 0 Å². The summed E-state index contributed by atoms with van der Waals surface area (Å²) in [5.41, 5.74) is 2.74. The second kappa shape index (κ2) is 6.91. The summed E-state index contributed by atoms with van der Waals surface area (Å²) in [5, 5.41) is 2.81. The maximum Gasteiger partial charge on any atom is 0.275 e. The molecule has 0 saturated heterocycles. The molecular formula is C19H17N3O2. The van der Waals surface area contributed by atoms with E-state index in [1.165, 1.54) is 6.20 Å². The number of nitrogens with zero attached hydrogens (tertiary/aromatic N) is 2. The Balaban J connectivity index is 1.79. The normalized spacial score (nSPS) is 10.2. The lowest BCUT2D eigenvalue weighted by molar-refractivity contribution is 0.102. The summed E-state index contributed by atoms with van der Waals surface area (Å²) >= 11 is 0. The first-order valence-corrected chi connectivity index (χ1v) is 7.55. The van der Waals surface area contributed by atoms with E-state index in [9.17, 15) is 4.79 Å². The first-order chi connectivity index (χ1) is 11.6. The lowest BCUT2D eigenvalue weighted by atomic mass is 10.2. The maximum absolute atomic E-state index is 12.3. The number of hydrogen-bond acceptors (Lipinski definition) is 4. The average molecular weight is 319 g/mol. The second-order valence-corrected chi connectivity index (χ2v) is 5.41. The predicted molar refractivity (Wildman–Crippen MR) is 92.4 cm³/mol. The van der Waals surface area contributed by atoms with Crippen LogP contribution < -0.4 is 10.1 Å². The van der Waals surface area contributed by atoms with E-state index in [0.717, 1.165) is 11.3 Å². The molecule has 0 spiro atoms. The standard InChI is InChI=1S/C19H17N3O2/c1-13-7-9-15(10-8-13)24-18-6-4-3-5-16(18)22-19(23)17-12-20-14(2)11-21-17/h3-12H,1-2H3,(H,22,23). The number of para-hydroxylation sites is 2. The molecule has 24 heavy (non-hydrogen) atoms. The quantitative estimate of drug-likeness (QED) is 0.785. The summed E-state index contributed by atoms with van der Waals surface area (Å²) in [7, 11) is 0. The molecule has 0 fully saturated rings. The molecule has 5 nitrogen and oxygen atoms in total. The predicted octanol–water partition coefficient (Wildman–Crippen LogP) is 4.14. The highest BCUT2D eigenvalue weighted by atomic mass is 16.5. The van der Waals surface area contributed by atoms with E-state index in [1.807, 2.05) is 50.2 Å². The molecule has 0 bridgehead atoms. The zero-order valence-corrected chi connectivity index (χ0v) is 13.5. The van der Waals surface area contributed by atoms with Crippen molar-refractivity contribution in [2.75, 3.05) is 5.32 Å². The first kappa shape index (κ1) is 15.7. The number of aryl methyl sites for hydroxylation is 2. The zero-order chi connectivity index (χ0) is 16.9. The fourth-order valence-electron chi connectivity index (χ4n) is 2.09. The topological polar surface area (TPSA) is 64.1 Å². The van der Waals surface area contributed by atoms with Gasteiger partial charge in [0.2, 0.25) is 0 Å². The van der Waals surface area contributed by atoms with E-state index in [4.69, 9.17) is 4.74 Å². The SMILES string of the molecule is Cc1ccc(Oc2ccccc2NC(=O)c2cnc(C)cn2)cc1. The van der Waals surface area contributed by atoms with E-state index in [1.54, 1.807) is 18.3 Å². The molecule has 3 aromatic rings. The minimum Gasteiger partial charge on any atom is -0.455 e. The van der Waals surface area contributed by atoms with Gasteiger partial charge in [-0.2, -0.15) is 0 Å². The molecule has 0 aliphatic heterocycles. The van der Waals surface area contributed by atoms with Crippen molar-refractivity contribution >= 4 is 11.6 Å². The molecule has 2 aromatic carbocycles. The Morgan fingerprint density at radius 3 is 2.42 bits per heavy atom. The molecule has 3 rings (SSSR count). The highest BCUT2D eigenvalue weighted by Crippen LogP contribution is 2.29. The number of benzene rings is 2. The Morgan fingerprint density at radius 1 is 0.958 bits per heavy atom. The maximum atomic E-state index is 12.3. The molecule has 0 atom stereocenters. The van der Waals surface area contributed by atoms with Gasteiger partial charge in [-0.1, -0.05) is 29.8 Å². The van der Waals surface area contributed by atoms with Crippen LogP contribution in [0.2, 0.25) is 0 Å². The van der Waals surface area contributed by atoms with E-state index in [2.05, 4.69) is 15.3 Å². The van der Waals surface area contributed by atoms with Gasteiger partial charge in [-0.3, -0.25) is 9.78 Å². The third-order valence-electron chi connectivity index (χ3n) is 3.40. The number of anilines is 1. The largest absolute Gasteiger partial charge is 0.455 e. The van der Waals surface area contributed by atoms with Gasteiger partial charge in [-0.15, -0.1) is 0 Å². The molecule has 0 saturated carbocycles. The molecule has 1 heterocycles. The van der Waals surface area contributed by atoms with Gasteiger partial charge in [0, 0.05) is 6.20 Å². The van der Waals surface area contributed by atoms with Gasteiger partial charge in [0.25, 0.3) is 5.91 Å². The highest BCUT2D eigenvalue weighted by Gasteiger charge is 2.11. The van der Waals surface area contributed by atoms with Crippen molar-refractivity contribution in [2.24, 2.45) is 0 Å². The Bertz CT molecular complexity index is 843. The third kappa shape index (κ3) is 3.76. The smallest absolute Gasteiger partial charge is 0.275 e. The molecule has 0 radical (unpaired) electrons. The fourth-order valence-corrected chi connectivity index (χ4v) is 2.09. The fraction of sp³-hybridized carbons (Fsp3) is 0.105.